The Kier molecular flexibility index (Phi) is 4.09. The average Bonchev–Trinajstić information content (AvgIpc) is 3.08. The van der Waals surface area contributed by atoms with Gasteiger partial charge < -0.3 is 9.80 Å². The molecular weight excluding hydrogens is 311 g/mol. The van der Waals surface area contributed by atoms with E-state index in [1.54, 1.807) is 23.1 Å². The summed E-state index contributed by atoms with van der Waals surface area (Å²) in [6.07, 6.45) is 2.33. The zero-order valence-electron chi connectivity index (χ0n) is 11.5. The molecule has 0 saturated carbocycles. The molecule has 0 spiro atoms. The van der Waals surface area contributed by atoms with Gasteiger partial charge in [-0.25, -0.2) is 0 Å². The van der Waals surface area contributed by atoms with Crippen molar-refractivity contribution in [2.75, 3.05) is 24.5 Å². The number of hydrogen-bond acceptors (Lipinski definition) is 2. The summed E-state index contributed by atoms with van der Waals surface area (Å²) in [5.74, 6) is -0.308. The molecule has 2 aliphatic heterocycles. The second-order valence-electron chi connectivity index (χ2n) is 5.51. The van der Waals surface area contributed by atoms with Crippen LogP contribution in [0.25, 0.3) is 0 Å². The molecule has 2 fully saturated rings. The van der Waals surface area contributed by atoms with Crippen molar-refractivity contribution < 1.29 is 9.59 Å². The van der Waals surface area contributed by atoms with Crippen LogP contribution >= 0.6 is 23.2 Å². The molecule has 1 aromatic carbocycles. The van der Waals surface area contributed by atoms with Crippen LogP contribution in [0, 0.1) is 5.92 Å². The standard InChI is InChI=1S/C15H16Cl2N2O2/c16-11-4-3-5-12(17)14(11)19-9-10(8-13(19)20)15(21)18-6-1-2-7-18/h3-5,10H,1-2,6-9H2. The van der Waals surface area contributed by atoms with Gasteiger partial charge in [-0.15, -0.1) is 0 Å². The first-order valence-corrected chi connectivity index (χ1v) is 7.86. The first kappa shape index (κ1) is 14.7. The molecular formula is C15H16Cl2N2O2. The molecule has 2 saturated heterocycles. The Morgan fingerprint density at radius 2 is 1.76 bits per heavy atom. The Morgan fingerprint density at radius 1 is 1.14 bits per heavy atom. The molecule has 2 aliphatic rings. The number of amides is 2. The summed E-state index contributed by atoms with van der Waals surface area (Å²) in [6, 6.07) is 5.14. The third kappa shape index (κ3) is 2.74. The molecule has 2 heterocycles. The highest BCUT2D eigenvalue weighted by atomic mass is 35.5. The summed E-state index contributed by atoms with van der Waals surface area (Å²) in [5.41, 5.74) is 0.516. The lowest BCUT2D eigenvalue weighted by molar-refractivity contribution is -0.134. The van der Waals surface area contributed by atoms with Gasteiger partial charge >= 0.3 is 0 Å². The van der Waals surface area contributed by atoms with Gasteiger partial charge in [-0.05, 0) is 25.0 Å². The van der Waals surface area contributed by atoms with Crippen LogP contribution in [0.15, 0.2) is 18.2 Å². The summed E-state index contributed by atoms with van der Waals surface area (Å²) in [4.78, 5) is 28.1. The minimum Gasteiger partial charge on any atom is -0.342 e. The Bertz CT molecular complexity index is 565. The van der Waals surface area contributed by atoms with Gasteiger partial charge in [0.05, 0.1) is 21.7 Å². The number of rotatable bonds is 2. The van der Waals surface area contributed by atoms with E-state index in [0.717, 1.165) is 25.9 Å². The zero-order chi connectivity index (χ0) is 15.0. The van der Waals surface area contributed by atoms with Gasteiger partial charge in [0.25, 0.3) is 0 Å². The summed E-state index contributed by atoms with van der Waals surface area (Å²) < 4.78 is 0. The molecule has 1 unspecified atom stereocenters. The fraction of sp³-hybridized carbons (Fsp3) is 0.467. The van der Waals surface area contributed by atoms with Crippen molar-refractivity contribution in [1.82, 2.24) is 4.90 Å². The van der Waals surface area contributed by atoms with Crippen LogP contribution in [-0.4, -0.2) is 36.3 Å². The molecule has 112 valence electrons. The van der Waals surface area contributed by atoms with Crippen LogP contribution in [0.2, 0.25) is 10.0 Å². The Balaban J connectivity index is 1.80. The van der Waals surface area contributed by atoms with Gasteiger partial charge in [0.1, 0.15) is 0 Å². The van der Waals surface area contributed by atoms with E-state index in [1.807, 2.05) is 4.90 Å². The Hall–Kier alpha value is -1.26. The SMILES string of the molecule is O=C(C1CC(=O)N(c2c(Cl)cccc2Cl)C1)N1CCCC1. The second-order valence-corrected chi connectivity index (χ2v) is 6.32. The van der Waals surface area contributed by atoms with Crippen molar-refractivity contribution in [3.8, 4) is 0 Å². The summed E-state index contributed by atoms with van der Waals surface area (Å²) in [5, 5.41) is 0.871. The summed E-state index contributed by atoms with van der Waals surface area (Å²) in [7, 11) is 0. The van der Waals surface area contributed by atoms with Crippen molar-refractivity contribution in [3.63, 3.8) is 0 Å². The molecule has 0 aliphatic carbocycles. The first-order chi connectivity index (χ1) is 10.1. The van der Waals surface area contributed by atoms with Gasteiger partial charge in [0.2, 0.25) is 11.8 Å². The number of nitrogens with zero attached hydrogens (tertiary/aromatic N) is 2. The maximum atomic E-state index is 12.4. The molecule has 3 rings (SSSR count). The second kappa shape index (κ2) is 5.85. The lowest BCUT2D eigenvalue weighted by atomic mass is 10.1. The van der Waals surface area contributed by atoms with Crippen molar-refractivity contribution in [2.24, 2.45) is 5.92 Å². The number of para-hydroxylation sites is 1. The van der Waals surface area contributed by atoms with Crippen molar-refractivity contribution in [1.29, 1.82) is 0 Å². The predicted molar refractivity (Wildman–Crippen MR) is 82.7 cm³/mol. The smallest absolute Gasteiger partial charge is 0.228 e. The number of benzene rings is 1. The average molecular weight is 327 g/mol. The van der Waals surface area contributed by atoms with E-state index >= 15 is 0 Å². The number of carbonyl (C=O) groups is 2. The number of hydrogen-bond donors (Lipinski definition) is 0. The van der Waals surface area contributed by atoms with E-state index in [1.165, 1.54) is 0 Å². The lowest BCUT2D eigenvalue weighted by Gasteiger charge is -2.21. The lowest BCUT2D eigenvalue weighted by Crippen LogP contribution is -2.35. The van der Waals surface area contributed by atoms with Crippen LogP contribution in [-0.2, 0) is 9.59 Å². The van der Waals surface area contributed by atoms with Crippen LogP contribution in [0.4, 0.5) is 5.69 Å². The van der Waals surface area contributed by atoms with Crippen LogP contribution in [0.3, 0.4) is 0 Å². The van der Waals surface area contributed by atoms with Gasteiger partial charge in [0, 0.05) is 26.1 Å². The summed E-state index contributed by atoms with van der Waals surface area (Å²) in [6.45, 7) is 1.96. The summed E-state index contributed by atoms with van der Waals surface area (Å²) >= 11 is 12.3. The third-order valence-corrected chi connectivity index (χ3v) is 4.71. The molecule has 0 aromatic heterocycles. The maximum absolute atomic E-state index is 12.4. The van der Waals surface area contributed by atoms with Gasteiger partial charge in [-0.1, -0.05) is 29.3 Å². The highest BCUT2D eigenvalue weighted by molar-refractivity contribution is 6.40. The van der Waals surface area contributed by atoms with Crippen molar-refractivity contribution in [2.45, 2.75) is 19.3 Å². The molecule has 0 N–H and O–H groups in total. The number of halogens is 2. The number of anilines is 1. The van der Waals surface area contributed by atoms with Gasteiger partial charge in [-0.3, -0.25) is 9.59 Å². The van der Waals surface area contributed by atoms with Crippen LogP contribution in [0.5, 0.6) is 0 Å². The molecule has 2 amide bonds. The Morgan fingerprint density at radius 3 is 2.38 bits per heavy atom. The topological polar surface area (TPSA) is 40.6 Å². The van der Waals surface area contributed by atoms with E-state index in [4.69, 9.17) is 23.2 Å². The Labute approximate surface area is 133 Å². The molecule has 1 aromatic rings. The predicted octanol–water partition coefficient (Wildman–Crippen LogP) is 2.97. The molecule has 0 bridgehead atoms. The highest BCUT2D eigenvalue weighted by Gasteiger charge is 2.38. The first-order valence-electron chi connectivity index (χ1n) is 7.11. The monoisotopic (exact) mass is 326 g/mol. The number of carbonyl (C=O) groups excluding carboxylic acids is 2. The third-order valence-electron chi connectivity index (χ3n) is 4.10. The minimum atomic E-state index is -0.289. The molecule has 1 atom stereocenters. The van der Waals surface area contributed by atoms with Gasteiger partial charge in [-0.2, -0.15) is 0 Å². The van der Waals surface area contributed by atoms with E-state index < -0.39 is 0 Å². The van der Waals surface area contributed by atoms with Crippen LogP contribution in [0.1, 0.15) is 19.3 Å². The number of likely N-dealkylation sites (tertiary alicyclic amines) is 1. The van der Waals surface area contributed by atoms with Crippen LogP contribution < -0.4 is 4.90 Å². The fourth-order valence-electron chi connectivity index (χ4n) is 3.03. The van der Waals surface area contributed by atoms with Gasteiger partial charge in [0.15, 0.2) is 0 Å². The van der Waals surface area contributed by atoms with Crippen molar-refractivity contribution in [3.05, 3.63) is 28.2 Å². The maximum Gasteiger partial charge on any atom is 0.228 e. The zero-order valence-corrected chi connectivity index (χ0v) is 13.0. The normalized spacial score (nSPS) is 22.2. The molecule has 0 radical (unpaired) electrons. The largest absolute Gasteiger partial charge is 0.342 e. The van der Waals surface area contributed by atoms with Crippen molar-refractivity contribution >= 4 is 40.7 Å². The highest BCUT2D eigenvalue weighted by Crippen LogP contribution is 2.37. The van der Waals surface area contributed by atoms with E-state index in [2.05, 4.69) is 0 Å². The van der Waals surface area contributed by atoms with E-state index in [-0.39, 0.29) is 24.2 Å². The fourth-order valence-corrected chi connectivity index (χ4v) is 3.63. The molecule has 4 nitrogen and oxygen atoms in total. The minimum absolute atomic E-state index is 0.0755. The quantitative estimate of drug-likeness (QED) is 0.838. The molecule has 6 heteroatoms. The van der Waals surface area contributed by atoms with E-state index in [0.29, 0.717) is 22.3 Å². The molecule has 21 heavy (non-hydrogen) atoms. The van der Waals surface area contributed by atoms with E-state index in [9.17, 15) is 9.59 Å².